The summed E-state index contributed by atoms with van der Waals surface area (Å²) in [4.78, 5) is 7.43. The smallest absolute Gasteiger partial charge is 0.288 e. The Labute approximate surface area is 102 Å². The van der Waals surface area contributed by atoms with E-state index in [1.165, 1.54) is 0 Å². The lowest BCUT2D eigenvalue weighted by molar-refractivity contribution is 0.252. The molecule has 0 saturated heterocycles. The summed E-state index contributed by atoms with van der Waals surface area (Å²) in [6.45, 7) is 0.626. The van der Waals surface area contributed by atoms with Gasteiger partial charge in [0, 0.05) is 16.8 Å². The molecule has 0 amide bonds. The molecule has 0 aliphatic rings. The van der Waals surface area contributed by atoms with Gasteiger partial charge in [-0.15, -0.1) is 0 Å². The number of imidazole rings is 1. The molecular weight excluding hydrogens is 244 g/mol. The monoisotopic (exact) mass is 255 g/mol. The van der Waals surface area contributed by atoms with Crippen molar-refractivity contribution in [2.75, 3.05) is 5.32 Å². The van der Waals surface area contributed by atoms with Gasteiger partial charge in [0.05, 0.1) is 18.6 Å². The van der Waals surface area contributed by atoms with Crippen molar-refractivity contribution in [2.24, 2.45) is 0 Å². The van der Waals surface area contributed by atoms with Crippen molar-refractivity contribution in [3.8, 4) is 0 Å². The fourth-order valence-corrected chi connectivity index (χ4v) is 1.83. The van der Waals surface area contributed by atoms with E-state index in [1.54, 1.807) is 36.8 Å². The molecule has 0 aliphatic carbocycles. The van der Waals surface area contributed by atoms with Crippen LogP contribution < -0.4 is 5.32 Å². The van der Waals surface area contributed by atoms with Crippen molar-refractivity contribution in [2.45, 2.75) is 17.2 Å². The minimum Gasteiger partial charge on any atom is -0.379 e. The summed E-state index contributed by atoms with van der Waals surface area (Å²) in [5, 5.41) is 3.16. The third kappa shape index (κ3) is 3.74. The number of anilines is 1. The lowest BCUT2D eigenvalue weighted by Crippen LogP contribution is -1.99. The van der Waals surface area contributed by atoms with E-state index in [0.29, 0.717) is 23.2 Å². The Kier molecular flexibility index (Phi) is 3.98. The van der Waals surface area contributed by atoms with E-state index in [-0.39, 0.29) is 0 Å². The van der Waals surface area contributed by atoms with Gasteiger partial charge < -0.3 is 10.3 Å². The highest BCUT2D eigenvalue weighted by Gasteiger charge is 2.04. The molecule has 0 fully saturated rings. The highest BCUT2D eigenvalue weighted by atomic mass is 32.2. The van der Waals surface area contributed by atoms with Gasteiger partial charge in [-0.3, -0.25) is 0 Å². The molecule has 90 valence electrons. The molecule has 0 unspecified atom stereocenters. The summed E-state index contributed by atoms with van der Waals surface area (Å²) in [7, 11) is 0. The number of aromatic nitrogens is 2. The molecule has 2 rings (SSSR count). The van der Waals surface area contributed by atoms with Crippen LogP contribution in [0.15, 0.2) is 41.7 Å². The SMILES string of the molecule is FC(F)Sc1ccc(NCc2cnc[nH]2)cc1. The number of halogens is 2. The average Bonchev–Trinajstić information content (AvgIpc) is 2.80. The van der Waals surface area contributed by atoms with Crippen LogP contribution in [-0.2, 0) is 6.54 Å². The number of nitrogens with one attached hydrogen (secondary N) is 2. The van der Waals surface area contributed by atoms with E-state index in [1.807, 2.05) is 0 Å². The maximum absolute atomic E-state index is 12.1. The topological polar surface area (TPSA) is 40.7 Å². The molecular formula is C11H11F2N3S. The summed E-state index contributed by atoms with van der Waals surface area (Å²) >= 11 is 0.546. The summed E-state index contributed by atoms with van der Waals surface area (Å²) in [6.07, 6.45) is 3.34. The van der Waals surface area contributed by atoms with E-state index >= 15 is 0 Å². The number of nitrogens with zero attached hydrogens (tertiary/aromatic N) is 1. The lowest BCUT2D eigenvalue weighted by atomic mass is 10.3. The highest BCUT2D eigenvalue weighted by Crippen LogP contribution is 2.26. The first-order chi connectivity index (χ1) is 8.24. The zero-order valence-electron chi connectivity index (χ0n) is 8.86. The van der Waals surface area contributed by atoms with Gasteiger partial charge in [-0.1, -0.05) is 11.8 Å². The van der Waals surface area contributed by atoms with Gasteiger partial charge in [-0.2, -0.15) is 8.78 Å². The predicted molar refractivity (Wildman–Crippen MR) is 64.2 cm³/mol. The van der Waals surface area contributed by atoms with Gasteiger partial charge in [0.25, 0.3) is 5.76 Å². The van der Waals surface area contributed by atoms with E-state index in [2.05, 4.69) is 15.3 Å². The fourth-order valence-electron chi connectivity index (χ4n) is 1.33. The van der Waals surface area contributed by atoms with Crippen LogP contribution in [0.5, 0.6) is 0 Å². The molecule has 1 aromatic heterocycles. The number of H-pyrrole nitrogens is 1. The van der Waals surface area contributed by atoms with Crippen LogP contribution in [0.1, 0.15) is 5.69 Å². The molecule has 0 radical (unpaired) electrons. The Bertz CT molecular complexity index is 442. The number of hydrogen-bond donors (Lipinski definition) is 2. The first-order valence-corrected chi connectivity index (χ1v) is 5.88. The van der Waals surface area contributed by atoms with Crippen LogP contribution in [-0.4, -0.2) is 15.7 Å². The summed E-state index contributed by atoms with van der Waals surface area (Å²) < 4.78 is 24.2. The van der Waals surface area contributed by atoms with Gasteiger partial charge in [-0.05, 0) is 24.3 Å². The molecule has 0 spiro atoms. The van der Waals surface area contributed by atoms with Gasteiger partial charge >= 0.3 is 0 Å². The van der Waals surface area contributed by atoms with E-state index < -0.39 is 5.76 Å². The lowest BCUT2D eigenvalue weighted by Gasteiger charge is -2.06. The van der Waals surface area contributed by atoms with Crippen LogP contribution in [0.3, 0.4) is 0 Å². The van der Waals surface area contributed by atoms with E-state index in [9.17, 15) is 8.78 Å². The molecule has 6 heteroatoms. The second-order valence-corrected chi connectivity index (χ2v) is 4.40. The van der Waals surface area contributed by atoms with Gasteiger partial charge in [0.1, 0.15) is 0 Å². The van der Waals surface area contributed by atoms with Crippen molar-refractivity contribution in [3.63, 3.8) is 0 Å². The fraction of sp³-hybridized carbons (Fsp3) is 0.182. The van der Waals surface area contributed by atoms with Crippen LogP contribution >= 0.6 is 11.8 Å². The Balaban J connectivity index is 1.89. The number of benzene rings is 1. The Morgan fingerprint density at radius 2 is 2.06 bits per heavy atom. The Hall–Kier alpha value is -1.56. The number of alkyl halides is 2. The number of hydrogen-bond acceptors (Lipinski definition) is 3. The molecule has 2 aromatic rings. The highest BCUT2D eigenvalue weighted by molar-refractivity contribution is 7.99. The maximum Gasteiger partial charge on any atom is 0.288 e. The summed E-state index contributed by atoms with van der Waals surface area (Å²) in [5.41, 5.74) is 1.86. The minimum atomic E-state index is -2.38. The molecule has 0 atom stereocenters. The Morgan fingerprint density at radius 1 is 1.29 bits per heavy atom. The molecule has 1 heterocycles. The second-order valence-electron chi connectivity index (χ2n) is 3.33. The zero-order valence-corrected chi connectivity index (χ0v) is 9.68. The minimum absolute atomic E-state index is 0.546. The molecule has 2 N–H and O–H groups in total. The third-order valence-electron chi connectivity index (χ3n) is 2.12. The first kappa shape index (κ1) is 11.9. The van der Waals surface area contributed by atoms with Crippen LogP contribution in [0, 0.1) is 0 Å². The van der Waals surface area contributed by atoms with Gasteiger partial charge in [0.2, 0.25) is 0 Å². The van der Waals surface area contributed by atoms with E-state index in [4.69, 9.17) is 0 Å². The molecule has 0 bridgehead atoms. The average molecular weight is 255 g/mol. The predicted octanol–water partition coefficient (Wildman–Crippen LogP) is 3.34. The quantitative estimate of drug-likeness (QED) is 0.805. The summed E-state index contributed by atoms with van der Waals surface area (Å²) in [5.74, 6) is -2.38. The third-order valence-corrected chi connectivity index (χ3v) is 2.84. The van der Waals surface area contributed by atoms with E-state index in [0.717, 1.165) is 11.4 Å². The molecule has 0 aliphatic heterocycles. The van der Waals surface area contributed by atoms with Crippen molar-refractivity contribution in [1.82, 2.24) is 9.97 Å². The number of thioether (sulfide) groups is 1. The summed E-state index contributed by atoms with van der Waals surface area (Å²) in [6, 6.07) is 6.90. The molecule has 1 aromatic carbocycles. The van der Waals surface area contributed by atoms with Crippen molar-refractivity contribution in [3.05, 3.63) is 42.5 Å². The van der Waals surface area contributed by atoms with Gasteiger partial charge in [-0.25, -0.2) is 4.98 Å². The van der Waals surface area contributed by atoms with Gasteiger partial charge in [0.15, 0.2) is 0 Å². The first-order valence-electron chi connectivity index (χ1n) is 5.00. The normalized spacial score (nSPS) is 10.8. The molecule has 0 saturated carbocycles. The zero-order chi connectivity index (χ0) is 12.1. The largest absolute Gasteiger partial charge is 0.379 e. The van der Waals surface area contributed by atoms with Crippen molar-refractivity contribution >= 4 is 17.4 Å². The van der Waals surface area contributed by atoms with Crippen LogP contribution in [0.2, 0.25) is 0 Å². The van der Waals surface area contributed by atoms with Crippen LogP contribution in [0.4, 0.5) is 14.5 Å². The van der Waals surface area contributed by atoms with Crippen molar-refractivity contribution < 1.29 is 8.78 Å². The van der Waals surface area contributed by atoms with Crippen molar-refractivity contribution in [1.29, 1.82) is 0 Å². The standard InChI is InChI=1S/C11H11F2N3S/c12-11(13)17-10-3-1-8(2-4-10)15-6-9-5-14-7-16-9/h1-5,7,11,15H,6H2,(H,14,16). The molecule has 17 heavy (non-hydrogen) atoms. The van der Waals surface area contributed by atoms with Crippen LogP contribution in [0.25, 0.3) is 0 Å². The Morgan fingerprint density at radius 3 is 2.65 bits per heavy atom. The molecule has 3 nitrogen and oxygen atoms in total. The number of aromatic amines is 1. The maximum atomic E-state index is 12.1. The second kappa shape index (κ2) is 5.67. The number of rotatable bonds is 5.